The van der Waals surface area contributed by atoms with Crippen molar-refractivity contribution in [3.05, 3.63) is 81.4 Å². The van der Waals surface area contributed by atoms with Crippen molar-refractivity contribution in [3.63, 3.8) is 0 Å². The molecule has 158 valence electrons. The van der Waals surface area contributed by atoms with E-state index in [2.05, 4.69) is 10.3 Å². The molecule has 9 nitrogen and oxygen atoms in total. The molecule has 10 heteroatoms. The molecule has 0 spiro atoms. The fourth-order valence-electron chi connectivity index (χ4n) is 3.56. The first kappa shape index (κ1) is 20.5. The highest BCUT2D eigenvalue weighted by molar-refractivity contribution is 6.31. The highest BCUT2D eigenvalue weighted by Crippen LogP contribution is 2.30. The summed E-state index contributed by atoms with van der Waals surface area (Å²) in [6.07, 6.45) is 3.57. The summed E-state index contributed by atoms with van der Waals surface area (Å²) in [5, 5.41) is 15.1. The van der Waals surface area contributed by atoms with Crippen molar-refractivity contribution in [2.45, 2.75) is 12.5 Å². The van der Waals surface area contributed by atoms with Crippen LogP contribution < -0.4 is 10.2 Å². The first-order chi connectivity index (χ1) is 14.8. The topological polar surface area (TPSA) is 110 Å². The largest absolute Gasteiger partial charge is 0.368 e. The van der Waals surface area contributed by atoms with Crippen LogP contribution in [0.2, 0.25) is 5.02 Å². The molecule has 1 aliphatic heterocycles. The average Bonchev–Trinajstić information content (AvgIpc) is 3.33. The molecule has 4 rings (SSSR count). The number of benzene rings is 2. The van der Waals surface area contributed by atoms with Crippen molar-refractivity contribution in [1.82, 2.24) is 9.55 Å². The van der Waals surface area contributed by atoms with Crippen molar-refractivity contribution in [2.75, 3.05) is 16.8 Å². The fraction of sp³-hybridized carbons (Fsp3) is 0.190. The monoisotopic (exact) mass is 439 g/mol. The third kappa shape index (κ3) is 3.99. The van der Waals surface area contributed by atoms with Crippen LogP contribution >= 0.6 is 11.6 Å². The van der Waals surface area contributed by atoms with E-state index in [4.69, 9.17) is 11.6 Å². The minimum absolute atomic E-state index is 0.143. The zero-order chi connectivity index (χ0) is 22.1. The van der Waals surface area contributed by atoms with Crippen LogP contribution in [0.25, 0.3) is 0 Å². The van der Waals surface area contributed by atoms with E-state index in [-0.39, 0.29) is 28.7 Å². The molecular formula is C21H18ClN5O4. The average molecular weight is 440 g/mol. The maximum absolute atomic E-state index is 12.9. The maximum Gasteiger partial charge on any atom is 0.293 e. The molecule has 1 atom stereocenters. The lowest BCUT2D eigenvalue weighted by Crippen LogP contribution is -2.33. The van der Waals surface area contributed by atoms with Crippen molar-refractivity contribution < 1.29 is 14.5 Å². The van der Waals surface area contributed by atoms with Gasteiger partial charge >= 0.3 is 0 Å². The summed E-state index contributed by atoms with van der Waals surface area (Å²) in [5.74, 6) is -0.450. The van der Waals surface area contributed by atoms with Gasteiger partial charge in [0.25, 0.3) is 5.69 Å². The Bertz CT molecular complexity index is 1190. The van der Waals surface area contributed by atoms with E-state index in [1.165, 1.54) is 24.4 Å². The van der Waals surface area contributed by atoms with Crippen molar-refractivity contribution in [3.8, 4) is 0 Å². The van der Waals surface area contributed by atoms with Crippen LogP contribution in [0.5, 0.6) is 0 Å². The third-order valence-electron chi connectivity index (χ3n) is 5.14. The number of ketones is 1. The molecule has 1 fully saturated rings. The van der Waals surface area contributed by atoms with Gasteiger partial charge < -0.3 is 14.8 Å². The van der Waals surface area contributed by atoms with Crippen LogP contribution in [0.1, 0.15) is 22.6 Å². The quantitative estimate of drug-likeness (QED) is 0.358. The van der Waals surface area contributed by atoms with Gasteiger partial charge in [-0.05, 0) is 36.8 Å². The van der Waals surface area contributed by atoms with Crippen LogP contribution in [-0.2, 0) is 11.8 Å². The first-order valence-corrected chi connectivity index (χ1v) is 9.87. The smallest absolute Gasteiger partial charge is 0.293 e. The molecule has 0 aliphatic carbocycles. The Labute approximate surface area is 182 Å². The van der Waals surface area contributed by atoms with Crippen LogP contribution in [0.3, 0.4) is 0 Å². The minimum atomic E-state index is -0.631. The van der Waals surface area contributed by atoms with Crippen LogP contribution in [0.4, 0.5) is 17.1 Å². The highest BCUT2D eigenvalue weighted by atomic mass is 35.5. The Kier molecular flexibility index (Phi) is 5.43. The van der Waals surface area contributed by atoms with E-state index in [0.717, 1.165) is 0 Å². The molecule has 1 unspecified atom stereocenters. The summed E-state index contributed by atoms with van der Waals surface area (Å²) in [6, 6.07) is 10.5. The zero-order valence-corrected chi connectivity index (χ0v) is 17.2. The van der Waals surface area contributed by atoms with Gasteiger partial charge in [0, 0.05) is 48.3 Å². The van der Waals surface area contributed by atoms with Crippen LogP contribution in [0.15, 0.2) is 54.9 Å². The van der Waals surface area contributed by atoms with E-state index in [0.29, 0.717) is 23.7 Å². The van der Waals surface area contributed by atoms with Gasteiger partial charge in [-0.3, -0.25) is 19.7 Å². The van der Waals surface area contributed by atoms with Crippen molar-refractivity contribution in [1.29, 1.82) is 0 Å². The number of halogens is 1. The number of imidazole rings is 1. The third-order valence-corrected chi connectivity index (χ3v) is 5.37. The lowest BCUT2D eigenvalue weighted by atomic mass is 10.1. The van der Waals surface area contributed by atoms with Gasteiger partial charge in [0.05, 0.1) is 4.92 Å². The Balaban J connectivity index is 1.57. The first-order valence-electron chi connectivity index (χ1n) is 9.49. The summed E-state index contributed by atoms with van der Waals surface area (Å²) in [7, 11) is 1.67. The fourth-order valence-corrected chi connectivity index (χ4v) is 3.75. The molecule has 1 amide bonds. The van der Waals surface area contributed by atoms with Gasteiger partial charge in [0.2, 0.25) is 11.7 Å². The summed E-state index contributed by atoms with van der Waals surface area (Å²) in [6.45, 7) is 0.459. The normalized spacial score (nSPS) is 15.9. The van der Waals surface area contributed by atoms with Crippen molar-refractivity contribution >= 4 is 40.4 Å². The molecule has 2 aromatic carbocycles. The van der Waals surface area contributed by atoms with Gasteiger partial charge in [-0.2, -0.15) is 0 Å². The zero-order valence-electron chi connectivity index (χ0n) is 16.5. The van der Waals surface area contributed by atoms with E-state index < -0.39 is 16.7 Å². The van der Waals surface area contributed by atoms with E-state index in [1.807, 2.05) is 0 Å². The molecule has 31 heavy (non-hydrogen) atoms. The minimum Gasteiger partial charge on any atom is -0.368 e. The molecule has 1 saturated heterocycles. The standard InChI is InChI=1S/C21H18ClN5O4/c1-25-10-8-23-20(25)19(28)13-5-6-16(18(11-13)27(30)31)24-17-7-9-26(21(17)29)15-4-2-3-14(22)12-15/h2-6,8,10-12,17,24H,7,9H2,1H3. The Morgan fingerprint density at radius 1 is 1.29 bits per heavy atom. The van der Waals surface area contributed by atoms with Gasteiger partial charge in [-0.25, -0.2) is 4.98 Å². The maximum atomic E-state index is 12.9. The van der Waals surface area contributed by atoms with Gasteiger partial charge in [-0.15, -0.1) is 0 Å². The highest BCUT2D eigenvalue weighted by Gasteiger charge is 2.34. The van der Waals surface area contributed by atoms with E-state index in [1.54, 1.807) is 47.0 Å². The molecule has 0 bridgehead atoms. The summed E-state index contributed by atoms with van der Waals surface area (Å²) < 4.78 is 1.54. The molecule has 1 aliphatic rings. The predicted molar refractivity (Wildman–Crippen MR) is 116 cm³/mol. The predicted octanol–water partition coefficient (Wildman–Crippen LogP) is 3.43. The number of nitro groups is 1. The van der Waals surface area contributed by atoms with Gasteiger partial charge in [0.15, 0.2) is 5.82 Å². The molecule has 0 radical (unpaired) electrons. The number of carbonyl (C=O) groups excluding carboxylic acids is 2. The second kappa shape index (κ2) is 8.19. The second-order valence-corrected chi connectivity index (χ2v) is 7.57. The molecular weight excluding hydrogens is 422 g/mol. The van der Waals surface area contributed by atoms with Crippen LogP contribution in [0, 0.1) is 10.1 Å². The molecule has 1 N–H and O–H groups in total. The Morgan fingerprint density at radius 3 is 2.77 bits per heavy atom. The lowest BCUT2D eigenvalue weighted by molar-refractivity contribution is -0.384. The number of hydrogen-bond acceptors (Lipinski definition) is 6. The Hall–Kier alpha value is -3.72. The number of hydrogen-bond donors (Lipinski definition) is 1. The number of nitrogens with zero attached hydrogens (tertiary/aromatic N) is 4. The lowest BCUT2D eigenvalue weighted by Gasteiger charge is -2.18. The number of aryl methyl sites for hydroxylation is 1. The number of nitrogens with one attached hydrogen (secondary N) is 1. The summed E-state index contributed by atoms with van der Waals surface area (Å²) >= 11 is 6.02. The SMILES string of the molecule is Cn1ccnc1C(=O)c1ccc(NC2CCN(c3cccc(Cl)c3)C2=O)c([N+](=O)[O-])c1. The molecule has 0 saturated carbocycles. The Morgan fingerprint density at radius 2 is 2.10 bits per heavy atom. The van der Waals surface area contributed by atoms with Crippen LogP contribution in [-0.4, -0.2) is 38.8 Å². The number of rotatable bonds is 6. The summed E-state index contributed by atoms with van der Waals surface area (Å²) in [4.78, 5) is 42.2. The number of nitro benzene ring substituents is 1. The molecule has 3 aromatic rings. The van der Waals surface area contributed by atoms with E-state index >= 15 is 0 Å². The number of amides is 1. The number of aromatic nitrogens is 2. The van der Waals surface area contributed by atoms with Gasteiger partial charge in [0.1, 0.15) is 11.7 Å². The van der Waals surface area contributed by atoms with E-state index in [9.17, 15) is 19.7 Å². The molecule has 2 heterocycles. The summed E-state index contributed by atoms with van der Waals surface area (Å²) in [5.41, 5.74) is 0.707. The second-order valence-electron chi connectivity index (χ2n) is 7.14. The number of carbonyl (C=O) groups is 2. The molecule has 1 aromatic heterocycles. The van der Waals surface area contributed by atoms with Gasteiger partial charge in [-0.1, -0.05) is 17.7 Å². The number of anilines is 2. The van der Waals surface area contributed by atoms with Crippen molar-refractivity contribution in [2.24, 2.45) is 7.05 Å².